The standard InChI is InChI=1S/C20H12F4N4O2S/c21-14-7-3-11(4-8-14)15-9-16(29)26-19(25-15)31-10-17-27-18(28-30-17)12-1-5-13(6-2-12)20(22,23)24/h1-9H,10H2,(H,25,26,29). The van der Waals surface area contributed by atoms with E-state index in [1.54, 1.807) is 0 Å². The van der Waals surface area contributed by atoms with E-state index >= 15 is 0 Å². The number of H-pyrrole nitrogens is 1. The minimum absolute atomic E-state index is 0.144. The van der Waals surface area contributed by atoms with E-state index in [1.807, 2.05) is 0 Å². The van der Waals surface area contributed by atoms with E-state index in [4.69, 9.17) is 4.52 Å². The molecule has 2 heterocycles. The molecular weight excluding hydrogens is 436 g/mol. The van der Waals surface area contributed by atoms with E-state index in [9.17, 15) is 22.4 Å². The maximum absolute atomic E-state index is 13.1. The number of nitrogens with one attached hydrogen (secondary N) is 1. The molecule has 0 aliphatic heterocycles. The third kappa shape index (κ3) is 5.00. The summed E-state index contributed by atoms with van der Waals surface area (Å²) in [7, 11) is 0. The Hall–Kier alpha value is -3.47. The van der Waals surface area contributed by atoms with Crippen LogP contribution in [0, 0.1) is 5.82 Å². The number of hydrogen-bond donors (Lipinski definition) is 1. The lowest BCUT2D eigenvalue weighted by molar-refractivity contribution is -0.137. The molecule has 1 N–H and O–H groups in total. The maximum Gasteiger partial charge on any atom is 0.416 e. The van der Waals surface area contributed by atoms with Crippen molar-refractivity contribution in [3.63, 3.8) is 0 Å². The number of rotatable bonds is 5. The van der Waals surface area contributed by atoms with Crippen LogP contribution >= 0.6 is 11.8 Å². The molecule has 0 saturated heterocycles. The van der Waals surface area contributed by atoms with Gasteiger partial charge in [0.25, 0.3) is 5.56 Å². The summed E-state index contributed by atoms with van der Waals surface area (Å²) in [6.45, 7) is 0. The highest BCUT2D eigenvalue weighted by Crippen LogP contribution is 2.30. The van der Waals surface area contributed by atoms with Gasteiger partial charge in [-0.15, -0.1) is 0 Å². The Kier molecular flexibility index (Phi) is 5.59. The lowest BCUT2D eigenvalue weighted by Gasteiger charge is -2.05. The van der Waals surface area contributed by atoms with Gasteiger partial charge in [0, 0.05) is 17.2 Å². The molecule has 0 unspecified atom stereocenters. The average Bonchev–Trinajstić information content (AvgIpc) is 3.21. The van der Waals surface area contributed by atoms with Crippen molar-refractivity contribution in [2.45, 2.75) is 17.1 Å². The van der Waals surface area contributed by atoms with Gasteiger partial charge in [-0.3, -0.25) is 4.79 Å². The highest BCUT2D eigenvalue weighted by molar-refractivity contribution is 7.98. The number of thioether (sulfide) groups is 1. The lowest BCUT2D eigenvalue weighted by atomic mass is 10.1. The summed E-state index contributed by atoms with van der Waals surface area (Å²) < 4.78 is 56.2. The smallest absolute Gasteiger partial charge is 0.338 e. The molecule has 0 radical (unpaired) electrons. The molecule has 0 saturated carbocycles. The van der Waals surface area contributed by atoms with Gasteiger partial charge >= 0.3 is 6.18 Å². The van der Waals surface area contributed by atoms with E-state index in [2.05, 4.69) is 20.1 Å². The van der Waals surface area contributed by atoms with Gasteiger partial charge in [0.05, 0.1) is 17.0 Å². The van der Waals surface area contributed by atoms with E-state index in [1.165, 1.54) is 42.5 Å². The third-order valence-electron chi connectivity index (χ3n) is 4.13. The summed E-state index contributed by atoms with van der Waals surface area (Å²) >= 11 is 1.13. The first-order valence-corrected chi connectivity index (χ1v) is 9.77. The van der Waals surface area contributed by atoms with Crippen LogP contribution in [0.1, 0.15) is 11.5 Å². The molecule has 0 amide bonds. The molecule has 0 aliphatic rings. The van der Waals surface area contributed by atoms with Gasteiger partial charge in [-0.2, -0.15) is 18.2 Å². The second kappa shape index (κ2) is 8.34. The molecule has 0 aliphatic carbocycles. The van der Waals surface area contributed by atoms with Gasteiger partial charge in [-0.1, -0.05) is 29.1 Å². The first kappa shape index (κ1) is 20.8. The predicted octanol–water partition coefficient (Wildman–Crippen LogP) is 4.94. The Morgan fingerprint density at radius 2 is 1.65 bits per heavy atom. The second-order valence-corrected chi connectivity index (χ2v) is 7.28. The number of benzene rings is 2. The van der Waals surface area contributed by atoms with Crippen LogP contribution in [0.5, 0.6) is 0 Å². The summed E-state index contributed by atoms with van der Waals surface area (Å²) in [6, 6.07) is 11.3. The van der Waals surface area contributed by atoms with Crippen molar-refractivity contribution in [3.8, 4) is 22.6 Å². The number of alkyl halides is 3. The fraction of sp³-hybridized carbons (Fsp3) is 0.100. The van der Waals surface area contributed by atoms with Crippen LogP contribution in [0.3, 0.4) is 0 Å². The van der Waals surface area contributed by atoms with E-state index < -0.39 is 17.6 Å². The molecule has 0 atom stereocenters. The zero-order valence-electron chi connectivity index (χ0n) is 15.5. The fourth-order valence-corrected chi connectivity index (χ4v) is 3.35. The Bertz CT molecular complexity index is 1250. The average molecular weight is 448 g/mol. The lowest BCUT2D eigenvalue weighted by Crippen LogP contribution is -2.08. The Balaban J connectivity index is 1.47. The summed E-state index contributed by atoms with van der Waals surface area (Å²) in [4.78, 5) is 23.0. The van der Waals surface area contributed by atoms with Crippen molar-refractivity contribution in [3.05, 3.63) is 82.2 Å². The fourth-order valence-electron chi connectivity index (χ4n) is 2.64. The van der Waals surface area contributed by atoms with Crippen molar-refractivity contribution in [1.29, 1.82) is 0 Å². The number of hydrogen-bond acceptors (Lipinski definition) is 6. The number of nitrogens with zero attached hydrogens (tertiary/aromatic N) is 3. The van der Waals surface area contributed by atoms with Gasteiger partial charge in [0.1, 0.15) is 5.82 Å². The summed E-state index contributed by atoms with van der Waals surface area (Å²) in [6.07, 6.45) is -4.43. The monoisotopic (exact) mass is 448 g/mol. The molecule has 158 valence electrons. The van der Waals surface area contributed by atoms with Crippen molar-refractivity contribution < 1.29 is 22.1 Å². The predicted molar refractivity (Wildman–Crippen MR) is 105 cm³/mol. The molecule has 2 aromatic carbocycles. The molecule has 0 spiro atoms. The van der Waals surface area contributed by atoms with Crippen LogP contribution in [0.25, 0.3) is 22.6 Å². The molecule has 0 fully saturated rings. The van der Waals surface area contributed by atoms with Gasteiger partial charge in [0.15, 0.2) is 5.16 Å². The van der Waals surface area contributed by atoms with Crippen molar-refractivity contribution in [1.82, 2.24) is 20.1 Å². The number of halogens is 4. The Morgan fingerprint density at radius 1 is 0.968 bits per heavy atom. The van der Waals surface area contributed by atoms with Gasteiger partial charge < -0.3 is 9.51 Å². The first-order chi connectivity index (χ1) is 14.8. The van der Waals surface area contributed by atoms with Crippen molar-refractivity contribution >= 4 is 11.8 Å². The summed E-state index contributed by atoms with van der Waals surface area (Å²) in [5.41, 5.74) is 0.177. The highest BCUT2D eigenvalue weighted by Gasteiger charge is 2.30. The highest BCUT2D eigenvalue weighted by atomic mass is 32.2. The van der Waals surface area contributed by atoms with E-state index in [0.29, 0.717) is 22.0 Å². The van der Waals surface area contributed by atoms with Crippen LogP contribution in [-0.4, -0.2) is 20.1 Å². The largest absolute Gasteiger partial charge is 0.416 e. The van der Waals surface area contributed by atoms with Gasteiger partial charge in [-0.05, 0) is 36.4 Å². The molecule has 6 nitrogen and oxygen atoms in total. The normalized spacial score (nSPS) is 11.6. The van der Waals surface area contributed by atoms with E-state index in [0.717, 1.165) is 23.9 Å². The molecule has 4 aromatic rings. The quantitative estimate of drug-likeness (QED) is 0.265. The minimum Gasteiger partial charge on any atom is -0.338 e. The van der Waals surface area contributed by atoms with Crippen molar-refractivity contribution in [2.24, 2.45) is 0 Å². The van der Waals surface area contributed by atoms with Crippen LogP contribution in [0.15, 0.2) is 69.1 Å². The maximum atomic E-state index is 13.1. The second-order valence-electron chi connectivity index (χ2n) is 6.32. The first-order valence-electron chi connectivity index (χ1n) is 8.78. The van der Waals surface area contributed by atoms with Crippen LogP contribution < -0.4 is 5.56 Å². The molecule has 0 bridgehead atoms. The van der Waals surface area contributed by atoms with Gasteiger partial charge in [0.2, 0.25) is 11.7 Å². The van der Waals surface area contributed by atoms with Crippen LogP contribution in [0.4, 0.5) is 17.6 Å². The molecule has 2 aromatic heterocycles. The Morgan fingerprint density at radius 3 is 2.32 bits per heavy atom. The van der Waals surface area contributed by atoms with Crippen molar-refractivity contribution in [2.75, 3.05) is 0 Å². The van der Waals surface area contributed by atoms with Crippen LogP contribution in [-0.2, 0) is 11.9 Å². The van der Waals surface area contributed by atoms with Crippen LogP contribution in [0.2, 0.25) is 0 Å². The summed E-state index contributed by atoms with van der Waals surface area (Å²) in [5, 5.41) is 4.07. The zero-order valence-corrected chi connectivity index (χ0v) is 16.3. The summed E-state index contributed by atoms with van der Waals surface area (Å²) in [5.74, 6) is 0.118. The zero-order chi connectivity index (χ0) is 22.0. The topological polar surface area (TPSA) is 84.7 Å². The number of aromatic nitrogens is 4. The molecule has 4 rings (SSSR count). The van der Waals surface area contributed by atoms with Gasteiger partial charge in [-0.25, -0.2) is 9.37 Å². The SMILES string of the molecule is O=c1cc(-c2ccc(F)cc2)nc(SCc2nc(-c3ccc(C(F)(F)F)cc3)no2)[nH]1. The molecule has 31 heavy (non-hydrogen) atoms. The Labute approximate surface area is 176 Å². The van der Waals surface area contributed by atoms with E-state index in [-0.39, 0.29) is 23.0 Å². The third-order valence-corrected chi connectivity index (χ3v) is 4.99. The molecule has 11 heteroatoms. The minimum atomic E-state index is -4.43. The molecular formula is C20H12F4N4O2S. The number of aromatic amines is 1.